The lowest BCUT2D eigenvalue weighted by atomic mass is 9.94. The predicted octanol–water partition coefficient (Wildman–Crippen LogP) is 4.77. The number of rotatable bonds is 7. The van der Waals surface area contributed by atoms with Crippen LogP contribution in [0.3, 0.4) is 0 Å². The molecule has 1 fully saturated rings. The molecule has 0 unspecified atom stereocenters. The summed E-state index contributed by atoms with van der Waals surface area (Å²) in [5, 5.41) is 31.1. The van der Waals surface area contributed by atoms with Gasteiger partial charge in [0, 0.05) is 5.56 Å². The molecule has 0 spiro atoms. The summed E-state index contributed by atoms with van der Waals surface area (Å²) in [5.41, 5.74) is 0.840. The van der Waals surface area contributed by atoms with Crippen LogP contribution in [0, 0.1) is 5.92 Å². The molecule has 0 aliphatic heterocycles. The smallest absolute Gasteiger partial charge is 0.213 e. The highest BCUT2D eigenvalue weighted by atomic mass is 32.2. The molecule has 0 bridgehead atoms. The number of hydrogen-bond donors (Lipinski definition) is 7. The van der Waals surface area contributed by atoms with Crippen LogP contribution in [-0.2, 0) is 3.54 Å². The van der Waals surface area contributed by atoms with Gasteiger partial charge in [0.2, 0.25) is 9.36 Å². The second kappa shape index (κ2) is 11.6. The van der Waals surface area contributed by atoms with Gasteiger partial charge in [-0.15, -0.1) is 101 Å². The Morgan fingerprint density at radius 3 is 2.41 bits per heavy atom. The Balaban J connectivity index is 1.61. The zero-order valence-corrected chi connectivity index (χ0v) is 25.0. The normalized spacial score (nSPS) is 21.0. The van der Waals surface area contributed by atoms with Crippen LogP contribution in [0.25, 0.3) is 22.8 Å². The van der Waals surface area contributed by atoms with Gasteiger partial charge in [-0.05, 0) is 36.1 Å². The molecule has 1 aliphatic rings. The van der Waals surface area contributed by atoms with E-state index in [4.69, 9.17) is 0 Å². The van der Waals surface area contributed by atoms with Crippen molar-refractivity contribution in [3.63, 3.8) is 0 Å². The number of phenolic OH excluding ortho intramolecular Hbond substituents is 1. The molecule has 1 saturated carbocycles. The second-order valence-corrected chi connectivity index (χ2v) is 14.9. The van der Waals surface area contributed by atoms with Crippen molar-refractivity contribution >= 4 is 81.6 Å². The molecule has 0 amide bonds. The summed E-state index contributed by atoms with van der Waals surface area (Å²) < 4.78 is 12.7. The summed E-state index contributed by atoms with van der Waals surface area (Å²) in [6.07, 6.45) is 4.20. The highest BCUT2D eigenvalue weighted by Gasteiger charge is 2.40. The van der Waals surface area contributed by atoms with Crippen LogP contribution in [0.2, 0.25) is 0 Å². The van der Waals surface area contributed by atoms with Crippen LogP contribution in [0.4, 0.5) is 10.2 Å². The van der Waals surface area contributed by atoms with E-state index in [1.807, 2.05) is 0 Å². The molecule has 3 aromatic rings. The van der Waals surface area contributed by atoms with Crippen LogP contribution in [-0.4, -0.2) is 56.2 Å². The highest BCUT2D eigenvalue weighted by Crippen LogP contribution is 2.41. The largest absolute Gasteiger partial charge is 0.507 e. The fourth-order valence-electron chi connectivity index (χ4n) is 4.40. The van der Waals surface area contributed by atoms with E-state index in [-0.39, 0.29) is 17.4 Å². The minimum atomic E-state index is -1.30. The molecule has 9 nitrogen and oxygen atoms in total. The highest BCUT2D eigenvalue weighted by molar-refractivity contribution is 8.17. The van der Waals surface area contributed by atoms with Gasteiger partial charge in [-0.25, -0.2) is 9.37 Å². The van der Waals surface area contributed by atoms with Crippen molar-refractivity contribution in [3.8, 4) is 28.5 Å². The number of thiol groups is 6. The first-order valence-corrected chi connectivity index (χ1v) is 14.2. The minimum absolute atomic E-state index is 0.112. The van der Waals surface area contributed by atoms with Gasteiger partial charge in [0.05, 0.1) is 17.8 Å². The van der Waals surface area contributed by atoms with Crippen LogP contribution in [0.1, 0.15) is 39.0 Å². The summed E-state index contributed by atoms with van der Waals surface area (Å²) in [6.45, 7) is 2.11. The molecule has 2 heterocycles. The van der Waals surface area contributed by atoms with E-state index in [0.29, 0.717) is 35.7 Å². The number of halogens is 1. The maximum Gasteiger partial charge on any atom is 0.213 e. The Hall–Kier alpha value is -1.07. The Labute approximate surface area is 247 Å². The average Bonchev–Trinajstić information content (AvgIpc) is 3.26. The van der Waals surface area contributed by atoms with Crippen LogP contribution >= 0.6 is 75.8 Å². The van der Waals surface area contributed by atoms with E-state index >= 15 is 4.39 Å². The van der Waals surface area contributed by atoms with E-state index < -0.39 is 19.3 Å². The predicted molar refractivity (Wildman–Crippen MR) is 162 cm³/mol. The van der Waals surface area contributed by atoms with E-state index in [1.165, 1.54) is 12.3 Å². The van der Waals surface area contributed by atoms with Crippen molar-refractivity contribution in [1.29, 1.82) is 0 Å². The number of aromatic hydroxyl groups is 1. The molecule has 4 rings (SSSR count). The summed E-state index contributed by atoms with van der Waals surface area (Å²) in [5.74, 6) is 0.979. The first kappa shape index (κ1) is 28.9. The fraction of sp³-hybridized carbons (Fsp3) is 0.524. The number of benzene rings is 1. The SMILES string of the molecule is CC[C@@H]1CCC[C@H](F)[C@H](N(c2cnc(-c3ccc(-c4nnn(C(S)(S)S)n4)cc3O)nn2)C(S)(S)S)C1. The number of phenols is 1. The Bertz CT molecular complexity index is 1220. The molecular formula is C21H27FN8OS6. The van der Waals surface area contributed by atoms with Crippen molar-refractivity contribution in [2.45, 2.75) is 58.3 Å². The number of tetrazole rings is 1. The third-order valence-electron chi connectivity index (χ3n) is 6.29. The van der Waals surface area contributed by atoms with Gasteiger partial charge in [-0.2, -0.15) is 0 Å². The Kier molecular flexibility index (Phi) is 9.05. The lowest BCUT2D eigenvalue weighted by Gasteiger charge is -2.41. The molecule has 0 saturated heterocycles. The average molecular weight is 619 g/mol. The maximum atomic E-state index is 15.3. The summed E-state index contributed by atoms with van der Waals surface area (Å²) in [4.78, 5) is 7.12. The molecule has 37 heavy (non-hydrogen) atoms. The molecule has 1 aliphatic carbocycles. The Morgan fingerprint density at radius 1 is 1.08 bits per heavy atom. The number of hydrogen-bond acceptors (Lipinski definition) is 14. The first-order chi connectivity index (χ1) is 17.4. The monoisotopic (exact) mass is 618 g/mol. The van der Waals surface area contributed by atoms with Gasteiger partial charge in [-0.1, -0.05) is 32.3 Å². The topological polar surface area (TPSA) is 106 Å². The summed E-state index contributed by atoms with van der Waals surface area (Å²) in [6, 6.07) is 4.23. The van der Waals surface area contributed by atoms with Crippen LogP contribution in [0.5, 0.6) is 5.75 Å². The lowest BCUT2D eigenvalue weighted by molar-refractivity contribution is 0.250. The zero-order chi connectivity index (χ0) is 27.0. The van der Waals surface area contributed by atoms with E-state index in [0.717, 1.165) is 24.1 Å². The molecule has 3 atom stereocenters. The van der Waals surface area contributed by atoms with Crippen molar-refractivity contribution in [3.05, 3.63) is 24.4 Å². The van der Waals surface area contributed by atoms with Gasteiger partial charge < -0.3 is 10.0 Å². The molecule has 1 aromatic carbocycles. The zero-order valence-electron chi connectivity index (χ0n) is 19.7. The standard InChI is InChI=1S/C21H27FN8OS6/c1-2-11-4-3-5-14(22)15(8-11)29(20(32,33)34)17-10-23-19(25-24-17)13-7-6-12(9-16(13)31)18-26-28-30(27-18)21(35,36)37/h6-7,9-11,14-15,31-37H,2-5,8H2,1H3/t11-,14+,15-/m1/s1. The quantitative estimate of drug-likeness (QED) is 0.115. The molecule has 200 valence electrons. The van der Waals surface area contributed by atoms with Crippen LogP contribution in [0.15, 0.2) is 24.4 Å². The van der Waals surface area contributed by atoms with E-state index in [2.05, 4.69) is 113 Å². The third kappa shape index (κ3) is 6.75. The van der Waals surface area contributed by atoms with Crippen molar-refractivity contribution in [2.75, 3.05) is 4.90 Å². The number of alkyl halides is 1. The van der Waals surface area contributed by atoms with Gasteiger partial charge in [-0.3, -0.25) is 0 Å². The summed E-state index contributed by atoms with van der Waals surface area (Å²) >= 11 is 26.0. The molecular weight excluding hydrogens is 592 g/mol. The van der Waals surface area contributed by atoms with Crippen molar-refractivity contribution < 1.29 is 9.50 Å². The first-order valence-electron chi connectivity index (χ1n) is 11.5. The fourth-order valence-corrected chi connectivity index (χ4v) is 5.41. The number of aromatic nitrogens is 7. The van der Waals surface area contributed by atoms with Crippen molar-refractivity contribution in [1.82, 2.24) is 35.4 Å². The third-order valence-corrected chi connectivity index (χ3v) is 7.47. The molecule has 1 N–H and O–H groups in total. The van der Waals surface area contributed by atoms with Gasteiger partial charge in [0.25, 0.3) is 0 Å². The number of anilines is 1. The minimum Gasteiger partial charge on any atom is -0.507 e. The summed E-state index contributed by atoms with van der Waals surface area (Å²) in [7, 11) is 0. The van der Waals surface area contributed by atoms with Crippen LogP contribution < -0.4 is 4.90 Å². The van der Waals surface area contributed by atoms with Gasteiger partial charge in [0.15, 0.2) is 15.2 Å². The van der Waals surface area contributed by atoms with E-state index in [9.17, 15) is 5.11 Å². The molecule has 0 radical (unpaired) electrons. The molecule has 16 heteroatoms. The second-order valence-electron chi connectivity index (χ2n) is 8.87. The van der Waals surface area contributed by atoms with Gasteiger partial charge in [0.1, 0.15) is 11.9 Å². The van der Waals surface area contributed by atoms with E-state index in [1.54, 1.807) is 17.0 Å². The molecule has 2 aromatic heterocycles. The maximum absolute atomic E-state index is 15.3. The number of nitrogens with zero attached hydrogens (tertiary/aromatic N) is 8. The Morgan fingerprint density at radius 2 is 1.84 bits per heavy atom. The lowest BCUT2D eigenvalue weighted by Crippen LogP contribution is -2.50. The van der Waals surface area contributed by atoms with Crippen molar-refractivity contribution in [2.24, 2.45) is 5.92 Å². The van der Waals surface area contributed by atoms with Gasteiger partial charge >= 0.3 is 0 Å².